The standard InChI is InChI=1S/C12H20N2O5/c1-8-4-2-3-7-14(8)12(19)13-9(11(17)18)5-6-10(15)16/h8-9H,2-7H2,1H3,(H,13,19)(H,15,16)(H,17,18)/t8?,9-/m0/s1. The van der Waals surface area contributed by atoms with Crippen molar-refractivity contribution < 1.29 is 24.6 Å². The molecular formula is C12H20N2O5. The second-order valence-corrected chi connectivity index (χ2v) is 4.81. The molecule has 0 aromatic rings. The first-order valence-electron chi connectivity index (χ1n) is 6.43. The Labute approximate surface area is 111 Å². The smallest absolute Gasteiger partial charge is 0.326 e. The van der Waals surface area contributed by atoms with Crippen molar-refractivity contribution in [3.05, 3.63) is 0 Å². The number of nitrogens with one attached hydrogen (secondary N) is 1. The van der Waals surface area contributed by atoms with Gasteiger partial charge in [0.1, 0.15) is 6.04 Å². The maximum atomic E-state index is 12.0. The molecule has 2 atom stereocenters. The SMILES string of the molecule is CC1CCCCN1C(=O)N[C@@H](CCC(=O)O)C(=O)O. The Bertz CT molecular complexity index is 358. The zero-order valence-electron chi connectivity index (χ0n) is 11.0. The van der Waals surface area contributed by atoms with Gasteiger partial charge in [-0.1, -0.05) is 0 Å². The van der Waals surface area contributed by atoms with Gasteiger partial charge in [-0.05, 0) is 32.6 Å². The van der Waals surface area contributed by atoms with Crippen LogP contribution in [-0.4, -0.2) is 51.7 Å². The molecule has 0 aliphatic carbocycles. The lowest BCUT2D eigenvalue weighted by molar-refractivity contribution is -0.140. The normalized spacial score (nSPS) is 20.7. The summed E-state index contributed by atoms with van der Waals surface area (Å²) in [5.41, 5.74) is 0. The molecule has 1 saturated heterocycles. The summed E-state index contributed by atoms with van der Waals surface area (Å²) in [5, 5.41) is 19.9. The monoisotopic (exact) mass is 272 g/mol. The summed E-state index contributed by atoms with van der Waals surface area (Å²) in [5.74, 6) is -2.29. The molecule has 0 aromatic heterocycles. The van der Waals surface area contributed by atoms with Gasteiger partial charge < -0.3 is 20.4 Å². The minimum atomic E-state index is -1.21. The van der Waals surface area contributed by atoms with Crippen LogP contribution in [0.25, 0.3) is 0 Å². The number of carboxylic acid groups (broad SMARTS) is 2. The topological polar surface area (TPSA) is 107 Å². The Morgan fingerprint density at radius 2 is 2.00 bits per heavy atom. The molecule has 1 aliphatic heterocycles. The highest BCUT2D eigenvalue weighted by atomic mass is 16.4. The van der Waals surface area contributed by atoms with E-state index in [1.54, 1.807) is 4.90 Å². The first-order valence-corrected chi connectivity index (χ1v) is 6.43. The number of nitrogens with zero attached hydrogens (tertiary/aromatic N) is 1. The Balaban J connectivity index is 2.55. The maximum Gasteiger partial charge on any atom is 0.326 e. The van der Waals surface area contributed by atoms with Crippen LogP contribution < -0.4 is 5.32 Å². The van der Waals surface area contributed by atoms with Crippen LogP contribution in [0.5, 0.6) is 0 Å². The Morgan fingerprint density at radius 1 is 1.32 bits per heavy atom. The molecule has 7 nitrogen and oxygen atoms in total. The number of aliphatic carboxylic acids is 2. The number of piperidine rings is 1. The molecule has 0 radical (unpaired) electrons. The number of carbonyl (C=O) groups excluding carboxylic acids is 1. The van der Waals surface area contributed by atoms with E-state index in [4.69, 9.17) is 10.2 Å². The number of likely N-dealkylation sites (tertiary alicyclic amines) is 1. The van der Waals surface area contributed by atoms with Crippen LogP contribution in [0.2, 0.25) is 0 Å². The van der Waals surface area contributed by atoms with Crippen molar-refractivity contribution >= 4 is 18.0 Å². The molecule has 1 fully saturated rings. The molecular weight excluding hydrogens is 252 g/mol. The van der Waals surface area contributed by atoms with Crippen molar-refractivity contribution in [2.45, 2.75) is 51.1 Å². The van der Waals surface area contributed by atoms with Gasteiger partial charge in [-0.3, -0.25) is 4.79 Å². The Hall–Kier alpha value is -1.79. The van der Waals surface area contributed by atoms with Crippen molar-refractivity contribution in [1.82, 2.24) is 10.2 Å². The fourth-order valence-electron chi connectivity index (χ4n) is 2.16. The molecule has 0 aromatic carbocycles. The lowest BCUT2D eigenvalue weighted by Crippen LogP contribution is -2.52. The van der Waals surface area contributed by atoms with Crippen molar-refractivity contribution in [3.63, 3.8) is 0 Å². The summed E-state index contributed by atoms with van der Waals surface area (Å²) in [6.07, 6.45) is 2.47. The zero-order valence-corrected chi connectivity index (χ0v) is 11.0. The van der Waals surface area contributed by atoms with E-state index in [1.165, 1.54) is 0 Å². The number of urea groups is 1. The van der Waals surface area contributed by atoms with Gasteiger partial charge in [-0.15, -0.1) is 0 Å². The molecule has 1 unspecified atom stereocenters. The highest BCUT2D eigenvalue weighted by molar-refractivity contribution is 5.83. The third-order valence-corrected chi connectivity index (χ3v) is 3.31. The fraction of sp³-hybridized carbons (Fsp3) is 0.750. The molecule has 19 heavy (non-hydrogen) atoms. The molecule has 0 spiro atoms. The molecule has 1 heterocycles. The van der Waals surface area contributed by atoms with Crippen molar-refractivity contribution in [2.24, 2.45) is 0 Å². The van der Waals surface area contributed by atoms with Crippen LogP contribution in [0.4, 0.5) is 4.79 Å². The second-order valence-electron chi connectivity index (χ2n) is 4.81. The van der Waals surface area contributed by atoms with Crippen LogP contribution in [0.3, 0.4) is 0 Å². The van der Waals surface area contributed by atoms with Crippen molar-refractivity contribution in [3.8, 4) is 0 Å². The quantitative estimate of drug-likeness (QED) is 0.689. The molecule has 0 bridgehead atoms. The predicted molar refractivity (Wildman–Crippen MR) is 66.8 cm³/mol. The number of amides is 2. The molecule has 1 aliphatic rings. The predicted octanol–water partition coefficient (Wildman–Crippen LogP) is 0.888. The van der Waals surface area contributed by atoms with Crippen LogP contribution in [0.15, 0.2) is 0 Å². The van der Waals surface area contributed by atoms with Gasteiger partial charge in [-0.2, -0.15) is 0 Å². The third-order valence-electron chi connectivity index (χ3n) is 3.31. The third kappa shape index (κ3) is 4.76. The van der Waals surface area contributed by atoms with E-state index in [9.17, 15) is 14.4 Å². The Morgan fingerprint density at radius 3 is 2.53 bits per heavy atom. The van der Waals surface area contributed by atoms with Gasteiger partial charge in [-0.25, -0.2) is 9.59 Å². The summed E-state index contributed by atoms with van der Waals surface area (Å²) >= 11 is 0. The van der Waals surface area contributed by atoms with Crippen molar-refractivity contribution in [1.29, 1.82) is 0 Å². The van der Waals surface area contributed by atoms with Gasteiger partial charge in [0.15, 0.2) is 0 Å². The maximum absolute atomic E-state index is 12.0. The van der Waals surface area contributed by atoms with E-state index in [0.29, 0.717) is 6.54 Å². The summed E-state index contributed by atoms with van der Waals surface area (Å²) < 4.78 is 0. The molecule has 2 amide bonds. The zero-order chi connectivity index (χ0) is 14.4. The van der Waals surface area contributed by atoms with E-state index >= 15 is 0 Å². The van der Waals surface area contributed by atoms with Gasteiger partial charge in [0.25, 0.3) is 0 Å². The van der Waals surface area contributed by atoms with E-state index < -0.39 is 24.0 Å². The number of hydrogen-bond acceptors (Lipinski definition) is 3. The second kappa shape index (κ2) is 6.96. The first kappa shape index (κ1) is 15.3. The molecule has 1 rings (SSSR count). The Kier molecular flexibility index (Phi) is 5.59. The number of hydrogen-bond donors (Lipinski definition) is 3. The summed E-state index contributed by atoms with van der Waals surface area (Å²) in [6, 6.07) is -1.50. The van der Waals surface area contributed by atoms with Crippen LogP contribution in [0.1, 0.15) is 39.0 Å². The summed E-state index contributed by atoms with van der Waals surface area (Å²) in [6.45, 7) is 2.53. The van der Waals surface area contributed by atoms with Gasteiger partial charge in [0, 0.05) is 19.0 Å². The highest BCUT2D eigenvalue weighted by Crippen LogP contribution is 2.16. The molecule has 7 heteroatoms. The largest absolute Gasteiger partial charge is 0.481 e. The minimum absolute atomic E-state index is 0.0858. The molecule has 0 saturated carbocycles. The van der Waals surface area contributed by atoms with Crippen LogP contribution in [-0.2, 0) is 9.59 Å². The van der Waals surface area contributed by atoms with Gasteiger partial charge in [0.05, 0.1) is 0 Å². The minimum Gasteiger partial charge on any atom is -0.481 e. The van der Waals surface area contributed by atoms with E-state index in [1.807, 2.05) is 6.92 Å². The van der Waals surface area contributed by atoms with Crippen molar-refractivity contribution in [2.75, 3.05) is 6.54 Å². The first-order chi connectivity index (χ1) is 8.91. The molecule has 3 N–H and O–H groups in total. The molecule has 108 valence electrons. The van der Waals surface area contributed by atoms with Gasteiger partial charge in [0.2, 0.25) is 0 Å². The van der Waals surface area contributed by atoms with E-state index in [0.717, 1.165) is 19.3 Å². The average Bonchev–Trinajstić information content (AvgIpc) is 2.34. The summed E-state index contributed by atoms with van der Waals surface area (Å²) in [4.78, 5) is 35.0. The summed E-state index contributed by atoms with van der Waals surface area (Å²) in [7, 11) is 0. The lowest BCUT2D eigenvalue weighted by atomic mass is 10.0. The van der Waals surface area contributed by atoms with E-state index in [-0.39, 0.29) is 18.9 Å². The number of carboxylic acids is 2. The van der Waals surface area contributed by atoms with E-state index in [2.05, 4.69) is 5.32 Å². The lowest BCUT2D eigenvalue weighted by Gasteiger charge is -2.34. The highest BCUT2D eigenvalue weighted by Gasteiger charge is 2.27. The van der Waals surface area contributed by atoms with Crippen LogP contribution >= 0.6 is 0 Å². The number of carbonyl (C=O) groups is 3. The van der Waals surface area contributed by atoms with Crippen LogP contribution in [0, 0.1) is 0 Å². The van der Waals surface area contributed by atoms with Gasteiger partial charge >= 0.3 is 18.0 Å². The fourth-order valence-corrected chi connectivity index (χ4v) is 2.16. The average molecular weight is 272 g/mol. The number of rotatable bonds is 5.